The Morgan fingerprint density at radius 3 is 2.28 bits per heavy atom. The first kappa shape index (κ1) is 16.9. The third kappa shape index (κ3) is 4.12. The van der Waals surface area contributed by atoms with E-state index in [1.165, 1.54) is 0 Å². The summed E-state index contributed by atoms with van der Waals surface area (Å²) >= 11 is 0. The molecular formula is C20H22N2O3. The van der Waals surface area contributed by atoms with Gasteiger partial charge in [-0.05, 0) is 55.5 Å². The van der Waals surface area contributed by atoms with E-state index in [0.717, 1.165) is 39.5 Å². The van der Waals surface area contributed by atoms with Crippen LogP contribution in [-0.4, -0.2) is 32.4 Å². The number of fused-ring (bicyclic) bond motifs is 1. The Morgan fingerprint density at radius 1 is 0.880 bits per heavy atom. The van der Waals surface area contributed by atoms with Crippen LogP contribution in [0.1, 0.15) is 5.69 Å². The van der Waals surface area contributed by atoms with E-state index >= 15 is 0 Å². The number of nitrogens with zero attached hydrogens (tertiary/aromatic N) is 1. The molecule has 0 saturated carbocycles. The summed E-state index contributed by atoms with van der Waals surface area (Å²) in [6, 6.07) is 15.5. The Morgan fingerprint density at radius 2 is 1.56 bits per heavy atom. The molecule has 0 aliphatic heterocycles. The van der Waals surface area contributed by atoms with E-state index in [0.29, 0.717) is 13.2 Å². The highest BCUT2D eigenvalue weighted by Crippen LogP contribution is 2.27. The van der Waals surface area contributed by atoms with Crippen molar-refractivity contribution in [1.82, 2.24) is 4.98 Å². The molecule has 0 unspecified atom stereocenters. The third-order valence-corrected chi connectivity index (χ3v) is 3.89. The average molecular weight is 338 g/mol. The summed E-state index contributed by atoms with van der Waals surface area (Å²) < 4.78 is 16.2. The van der Waals surface area contributed by atoms with Gasteiger partial charge in [-0.25, -0.2) is 0 Å². The lowest BCUT2D eigenvalue weighted by Crippen LogP contribution is -2.12. The topological polar surface area (TPSA) is 52.6 Å². The summed E-state index contributed by atoms with van der Waals surface area (Å²) in [5, 5.41) is 4.46. The van der Waals surface area contributed by atoms with Crippen molar-refractivity contribution >= 4 is 16.6 Å². The smallest absolute Gasteiger partial charge is 0.119 e. The van der Waals surface area contributed by atoms with E-state index < -0.39 is 0 Å². The minimum Gasteiger partial charge on any atom is -0.497 e. The van der Waals surface area contributed by atoms with Crippen LogP contribution in [0.5, 0.6) is 17.2 Å². The first-order chi connectivity index (χ1) is 12.2. The van der Waals surface area contributed by atoms with Gasteiger partial charge in [0, 0.05) is 23.3 Å². The van der Waals surface area contributed by atoms with Crippen LogP contribution >= 0.6 is 0 Å². The summed E-state index contributed by atoms with van der Waals surface area (Å²) in [4.78, 5) is 4.57. The van der Waals surface area contributed by atoms with Crippen molar-refractivity contribution in [3.8, 4) is 17.2 Å². The number of ether oxygens (including phenoxy) is 3. The summed E-state index contributed by atoms with van der Waals surface area (Å²) in [6.45, 7) is 3.23. The van der Waals surface area contributed by atoms with E-state index in [1.54, 1.807) is 14.2 Å². The number of rotatable bonds is 7. The molecule has 0 radical (unpaired) electrons. The fourth-order valence-corrected chi connectivity index (χ4v) is 2.64. The van der Waals surface area contributed by atoms with Crippen molar-refractivity contribution in [2.75, 3.05) is 32.7 Å². The van der Waals surface area contributed by atoms with Gasteiger partial charge < -0.3 is 19.5 Å². The van der Waals surface area contributed by atoms with Gasteiger partial charge in [-0.15, -0.1) is 0 Å². The zero-order valence-corrected chi connectivity index (χ0v) is 14.7. The first-order valence-electron chi connectivity index (χ1n) is 8.16. The van der Waals surface area contributed by atoms with E-state index in [9.17, 15) is 0 Å². The van der Waals surface area contributed by atoms with Crippen LogP contribution in [0.15, 0.2) is 48.5 Å². The van der Waals surface area contributed by atoms with Crippen LogP contribution in [0, 0.1) is 6.92 Å². The lowest BCUT2D eigenvalue weighted by molar-refractivity contribution is 0.332. The van der Waals surface area contributed by atoms with Crippen molar-refractivity contribution in [2.24, 2.45) is 0 Å². The van der Waals surface area contributed by atoms with E-state index in [2.05, 4.69) is 10.3 Å². The molecule has 3 aromatic rings. The highest BCUT2D eigenvalue weighted by Gasteiger charge is 2.06. The van der Waals surface area contributed by atoms with Gasteiger partial charge in [-0.2, -0.15) is 0 Å². The Kier molecular flexibility index (Phi) is 5.23. The molecule has 0 spiro atoms. The van der Waals surface area contributed by atoms with Gasteiger partial charge in [0.2, 0.25) is 0 Å². The first-order valence-corrected chi connectivity index (χ1v) is 8.16. The molecule has 130 valence electrons. The zero-order chi connectivity index (χ0) is 17.6. The van der Waals surface area contributed by atoms with Crippen LogP contribution in [0.2, 0.25) is 0 Å². The largest absolute Gasteiger partial charge is 0.497 e. The van der Waals surface area contributed by atoms with Crippen molar-refractivity contribution < 1.29 is 14.2 Å². The molecule has 3 rings (SSSR count). The number of hydrogen-bond donors (Lipinski definition) is 1. The molecule has 0 saturated heterocycles. The van der Waals surface area contributed by atoms with Gasteiger partial charge >= 0.3 is 0 Å². The summed E-state index contributed by atoms with van der Waals surface area (Å²) in [5.41, 5.74) is 2.94. The maximum atomic E-state index is 5.76. The molecule has 0 atom stereocenters. The third-order valence-electron chi connectivity index (χ3n) is 3.89. The SMILES string of the molecule is COc1ccc(OCCNc2cc(C)nc3ccc(OC)cc23)cc1. The number of aryl methyl sites for hydroxylation is 1. The number of pyridine rings is 1. The van der Waals surface area contributed by atoms with E-state index in [-0.39, 0.29) is 0 Å². The fourth-order valence-electron chi connectivity index (χ4n) is 2.64. The second-order valence-electron chi connectivity index (χ2n) is 5.65. The molecule has 25 heavy (non-hydrogen) atoms. The second-order valence-corrected chi connectivity index (χ2v) is 5.65. The van der Waals surface area contributed by atoms with E-state index in [1.807, 2.05) is 55.5 Å². The Balaban J connectivity index is 1.65. The van der Waals surface area contributed by atoms with Gasteiger partial charge in [-0.3, -0.25) is 4.98 Å². The summed E-state index contributed by atoms with van der Waals surface area (Å²) in [5.74, 6) is 2.45. The molecule has 0 aliphatic rings. The fraction of sp³-hybridized carbons (Fsp3) is 0.250. The van der Waals surface area contributed by atoms with Crippen molar-refractivity contribution in [3.05, 3.63) is 54.2 Å². The van der Waals surface area contributed by atoms with Gasteiger partial charge in [-0.1, -0.05) is 0 Å². The number of aromatic nitrogens is 1. The Labute approximate surface area is 147 Å². The molecule has 0 fully saturated rings. The standard InChI is InChI=1S/C20H22N2O3/c1-14-12-20(18-13-17(24-3)8-9-19(18)22-14)21-10-11-25-16-6-4-15(23-2)5-7-16/h4-9,12-13H,10-11H2,1-3H3,(H,21,22). The summed E-state index contributed by atoms with van der Waals surface area (Å²) in [6.07, 6.45) is 0. The predicted octanol–water partition coefficient (Wildman–Crippen LogP) is 4.05. The van der Waals surface area contributed by atoms with Gasteiger partial charge in [0.1, 0.15) is 23.9 Å². The quantitative estimate of drug-likeness (QED) is 0.659. The minimum absolute atomic E-state index is 0.555. The molecule has 0 aliphatic carbocycles. The lowest BCUT2D eigenvalue weighted by Gasteiger charge is -2.12. The van der Waals surface area contributed by atoms with E-state index in [4.69, 9.17) is 14.2 Å². The van der Waals surface area contributed by atoms with Gasteiger partial charge in [0.25, 0.3) is 0 Å². The van der Waals surface area contributed by atoms with Crippen LogP contribution < -0.4 is 19.5 Å². The van der Waals surface area contributed by atoms with Gasteiger partial charge in [0.05, 0.1) is 19.7 Å². The highest BCUT2D eigenvalue weighted by atomic mass is 16.5. The van der Waals surface area contributed by atoms with Crippen LogP contribution in [0.4, 0.5) is 5.69 Å². The Hall–Kier alpha value is -2.95. The molecule has 1 aromatic heterocycles. The van der Waals surface area contributed by atoms with Crippen LogP contribution in [0.3, 0.4) is 0 Å². The molecule has 1 N–H and O–H groups in total. The highest BCUT2D eigenvalue weighted by molar-refractivity contribution is 5.92. The number of benzene rings is 2. The number of methoxy groups -OCH3 is 2. The van der Waals surface area contributed by atoms with Crippen molar-refractivity contribution in [3.63, 3.8) is 0 Å². The molecule has 5 heteroatoms. The summed E-state index contributed by atoms with van der Waals surface area (Å²) in [7, 11) is 3.31. The number of anilines is 1. The molecule has 0 bridgehead atoms. The second kappa shape index (κ2) is 7.75. The number of nitrogens with one attached hydrogen (secondary N) is 1. The van der Waals surface area contributed by atoms with Crippen LogP contribution in [0.25, 0.3) is 10.9 Å². The van der Waals surface area contributed by atoms with Gasteiger partial charge in [0.15, 0.2) is 0 Å². The molecule has 1 heterocycles. The molecule has 2 aromatic carbocycles. The minimum atomic E-state index is 0.555. The zero-order valence-electron chi connectivity index (χ0n) is 14.7. The average Bonchev–Trinajstić information content (AvgIpc) is 2.65. The van der Waals surface area contributed by atoms with Crippen LogP contribution in [-0.2, 0) is 0 Å². The molecule has 5 nitrogen and oxygen atoms in total. The normalized spacial score (nSPS) is 10.5. The monoisotopic (exact) mass is 338 g/mol. The van der Waals surface area contributed by atoms with Crippen molar-refractivity contribution in [2.45, 2.75) is 6.92 Å². The predicted molar refractivity (Wildman–Crippen MR) is 100 cm³/mol. The molecule has 0 amide bonds. The number of hydrogen-bond acceptors (Lipinski definition) is 5. The van der Waals surface area contributed by atoms with Crippen molar-refractivity contribution in [1.29, 1.82) is 0 Å². The molecular weight excluding hydrogens is 316 g/mol. The maximum absolute atomic E-state index is 5.76. The Bertz CT molecular complexity index is 847. The maximum Gasteiger partial charge on any atom is 0.119 e. The lowest BCUT2D eigenvalue weighted by atomic mass is 10.1.